The van der Waals surface area contributed by atoms with Crippen molar-refractivity contribution >= 4 is 21.6 Å². The average molecular weight is 313 g/mol. The van der Waals surface area contributed by atoms with Crippen molar-refractivity contribution in [3.05, 3.63) is 38.3 Å². The maximum absolute atomic E-state index is 10.8. The van der Waals surface area contributed by atoms with E-state index in [4.69, 9.17) is 0 Å². The second kappa shape index (κ2) is 6.29. The molecule has 5 heteroatoms. The van der Waals surface area contributed by atoms with Crippen LogP contribution in [0.3, 0.4) is 0 Å². The van der Waals surface area contributed by atoms with Gasteiger partial charge in [0.2, 0.25) is 0 Å². The van der Waals surface area contributed by atoms with Crippen molar-refractivity contribution in [2.24, 2.45) is 5.92 Å². The van der Waals surface area contributed by atoms with Crippen LogP contribution in [0.25, 0.3) is 0 Å². The number of rotatable bonds is 6. The number of hydrogen-bond acceptors (Lipinski definition) is 3. The van der Waals surface area contributed by atoms with Crippen LogP contribution in [0.1, 0.15) is 31.2 Å². The summed E-state index contributed by atoms with van der Waals surface area (Å²) in [5, 5.41) is 14.1. The van der Waals surface area contributed by atoms with Gasteiger partial charge in [-0.2, -0.15) is 0 Å². The Bertz CT molecular complexity index is 433. The molecular weight excluding hydrogens is 296 g/mol. The number of nitro benzene ring substituents is 1. The lowest BCUT2D eigenvalue weighted by Crippen LogP contribution is -2.21. The van der Waals surface area contributed by atoms with E-state index in [2.05, 4.69) is 21.2 Å². The van der Waals surface area contributed by atoms with Gasteiger partial charge in [0.1, 0.15) is 0 Å². The van der Waals surface area contributed by atoms with E-state index in [1.165, 1.54) is 25.7 Å². The van der Waals surface area contributed by atoms with Crippen LogP contribution in [0.5, 0.6) is 0 Å². The summed E-state index contributed by atoms with van der Waals surface area (Å²) >= 11 is 3.19. The molecule has 0 heterocycles. The number of halogens is 1. The summed E-state index contributed by atoms with van der Waals surface area (Å²) in [5.74, 6) is 0.900. The summed E-state index contributed by atoms with van der Waals surface area (Å²) in [6.07, 6.45) is 5.33. The van der Waals surface area contributed by atoms with Crippen molar-refractivity contribution in [1.82, 2.24) is 5.32 Å². The molecule has 0 atom stereocenters. The molecule has 0 saturated heterocycles. The molecule has 1 saturated carbocycles. The summed E-state index contributed by atoms with van der Waals surface area (Å²) in [7, 11) is 0. The highest BCUT2D eigenvalue weighted by atomic mass is 79.9. The molecule has 1 aliphatic rings. The predicted octanol–water partition coefficient (Wildman–Crippen LogP) is 3.64. The zero-order valence-corrected chi connectivity index (χ0v) is 11.8. The monoisotopic (exact) mass is 312 g/mol. The predicted molar refractivity (Wildman–Crippen MR) is 74.5 cm³/mol. The molecule has 0 aliphatic heterocycles. The molecule has 4 nitrogen and oxygen atoms in total. The molecule has 0 aromatic heterocycles. The van der Waals surface area contributed by atoms with Crippen molar-refractivity contribution in [3.63, 3.8) is 0 Å². The molecule has 18 heavy (non-hydrogen) atoms. The zero-order chi connectivity index (χ0) is 13.0. The smallest absolute Gasteiger partial charge is 0.283 e. The molecular formula is C13H17BrN2O2. The fourth-order valence-electron chi connectivity index (χ4n) is 2.13. The number of nitro groups is 1. The van der Waals surface area contributed by atoms with Gasteiger partial charge in [-0.05, 0) is 46.4 Å². The van der Waals surface area contributed by atoms with Crippen molar-refractivity contribution < 1.29 is 4.92 Å². The van der Waals surface area contributed by atoms with Gasteiger partial charge in [-0.25, -0.2) is 0 Å². The fraction of sp³-hybridized carbons (Fsp3) is 0.538. The van der Waals surface area contributed by atoms with Crippen LogP contribution in [0.15, 0.2) is 22.7 Å². The van der Waals surface area contributed by atoms with Crippen LogP contribution in [0.4, 0.5) is 5.69 Å². The van der Waals surface area contributed by atoms with Gasteiger partial charge in [0.25, 0.3) is 5.69 Å². The van der Waals surface area contributed by atoms with Gasteiger partial charge >= 0.3 is 0 Å². The van der Waals surface area contributed by atoms with E-state index >= 15 is 0 Å². The first kappa shape index (κ1) is 13.5. The van der Waals surface area contributed by atoms with Crippen LogP contribution >= 0.6 is 15.9 Å². The van der Waals surface area contributed by atoms with Gasteiger partial charge in [0, 0.05) is 12.6 Å². The zero-order valence-electron chi connectivity index (χ0n) is 10.2. The third kappa shape index (κ3) is 3.53. The van der Waals surface area contributed by atoms with Gasteiger partial charge in [-0.15, -0.1) is 0 Å². The topological polar surface area (TPSA) is 55.2 Å². The average Bonchev–Trinajstić information content (AvgIpc) is 2.28. The second-order valence-electron chi connectivity index (χ2n) is 4.81. The second-order valence-corrected chi connectivity index (χ2v) is 5.66. The Morgan fingerprint density at radius 2 is 2.22 bits per heavy atom. The normalized spacial score (nSPS) is 15.4. The minimum absolute atomic E-state index is 0.133. The van der Waals surface area contributed by atoms with Crippen molar-refractivity contribution in [3.8, 4) is 0 Å². The highest BCUT2D eigenvalue weighted by Crippen LogP contribution is 2.29. The lowest BCUT2D eigenvalue weighted by Gasteiger charge is -2.25. The molecule has 1 N–H and O–H groups in total. The van der Waals surface area contributed by atoms with E-state index < -0.39 is 0 Å². The molecule has 0 amide bonds. The molecule has 0 unspecified atom stereocenters. The molecule has 0 spiro atoms. The van der Waals surface area contributed by atoms with Crippen LogP contribution in [-0.2, 0) is 6.54 Å². The van der Waals surface area contributed by atoms with Crippen molar-refractivity contribution in [1.29, 1.82) is 0 Å². The largest absolute Gasteiger partial charge is 0.313 e. The number of hydrogen-bond donors (Lipinski definition) is 1. The van der Waals surface area contributed by atoms with Gasteiger partial charge < -0.3 is 5.32 Å². The molecule has 0 radical (unpaired) electrons. The first-order valence-electron chi connectivity index (χ1n) is 6.30. The summed E-state index contributed by atoms with van der Waals surface area (Å²) in [6.45, 7) is 1.69. The highest BCUT2D eigenvalue weighted by molar-refractivity contribution is 9.10. The van der Waals surface area contributed by atoms with Gasteiger partial charge in [-0.1, -0.05) is 25.3 Å². The number of benzene rings is 1. The third-order valence-corrected chi connectivity index (χ3v) is 4.16. The van der Waals surface area contributed by atoms with Crippen molar-refractivity contribution in [2.45, 2.75) is 32.2 Å². The number of nitrogens with zero attached hydrogens (tertiary/aromatic N) is 1. The van der Waals surface area contributed by atoms with E-state index in [0.717, 1.165) is 18.0 Å². The molecule has 2 rings (SSSR count). The Balaban J connectivity index is 1.81. The van der Waals surface area contributed by atoms with Gasteiger partial charge in [0.05, 0.1) is 9.40 Å². The molecule has 1 aromatic rings. The minimum atomic E-state index is -0.359. The Morgan fingerprint density at radius 1 is 1.44 bits per heavy atom. The van der Waals surface area contributed by atoms with E-state index in [1.807, 2.05) is 6.07 Å². The van der Waals surface area contributed by atoms with E-state index in [-0.39, 0.29) is 10.6 Å². The summed E-state index contributed by atoms with van der Waals surface area (Å²) in [6, 6.07) is 5.27. The van der Waals surface area contributed by atoms with Crippen LogP contribution in [0, 0.1) is 16.0 Å². The summed E-state index contributed by atoms with van der Waals surface area (Å²) in [5.41, 5.74) is 1.09. The first-order chi connectivity index (χ1) is 8.66. The Hall–Kier alpha value is -0.940. The van der Waals surface area contributed by atoms with E-state index in [0.29, 0.717) is 11.0 Å². The lowest BCUT2D eigenvalue weighted by atomic mass is 9.83. The SMILES string of the molecule is O=[N+]([O-])c1cc(CNCCC2CCC2)ccc1Br. The minimum Gasteiger partial charge on any atom is -0.313 e. The molecule has 1 aromatic carbocycles. The van der Waals surface area contributed by atoms with Crippen LogP contribution in [-0.4, -0.2) is 11.5 Å². The lowest BCUT2D eigenvalue weighted by molar-refractivity contribution is -0.385. The van der Waals surface area contributed by atoms with Gasteiger partial charge in [-0.3, -0.25) is 10.1 Å². The highest BCUT2D eigenvalue weighted by Gasteiger charge is 2.16. The number of nitrogens with one attached hydrogen (secondary N) is 1. The van der Waals surface area contributed by atoms with Crippen LogP contribution in [0.2, 0.25) is 0 Å². The van der Waals surface area contributed by atoms with Crippen LogP contribution < -0.4 is 5.32 Å². The molecule has 98 valence electrons. The first-order valence-corrected chi connectivity index (χ1v) is 7.09. The maximum atomic E-state index is 10.8. The van der Waals surface area contributed by atoms with E-state index in [9.17, 15) is 10.1 Å². The van der Waals surface area contributed by atoms with Crippen molar-refractivity contribution in [2.75, 3.05) is 6.54 Å². The van der Waals surface area contributed by atoms with Gasteiger partial charge in [0.15, 0.2) is 0 Å². The summed E-state index contributed by atoms with van der Waals surface area (Å²) in [4.78, 5) is 10.4. The Kier molecular flexibility index (Phi) is 4.72. The fourth-order valence-corrected chi connectivity index (χ4v) is 2.52. The third-order valence-electron chi connectivity index (χ3n) is 3.49. The summed E-state index contributed by atoms with van der Waals surface area (Å²) < 4.78 is 0.533. The standard InChI is InChI=1S/C13H17BrN2O2/c14-12-5-4-11(8-13(12)16(17)18)9-15-7-6-10-2-1-3-10/h4-5,8,10,15H,1-3,6-7,9H2. The molecule has 1 fully saturated rings. The Labute approximate surface area is 115 Å². The van der Waals surface area contributed by atoms with E-state index in [1.54, 1.807) is 12.1 Å². The Morgan fingerprint density at radius 3 is 2.83 bits per heavy atom. The molecule has 0 bridgehead atoms. The quantitative estimate of drug-likeness (QED) is 0.495. The molecule has 1 aliphatic carbocycles. The maximum Gasteiger partial charge on any atom is 0.283 e.